The van der Waals surface area contributed by atoms with Gasteiger partial charge in [-0.25, -0.2) is 9.97 Å². The minimum Gasteiger partial charge on any atom is -0.423 e. The summed E-state index contributed by atoms with van der Waals surface area (Å²) in [4.78, 5) is 20.8. The number of ether oxygens (including phenoxy) is 2. The molecule has 1 aromatic carbocycles. The number of benzene rings is 1. The molecule has 0 aliphatic rings. The molecule has 0 saturated heterocycles. The van der Waals surface area contributed by atoms with Crippen LogP contribution < -0.4 is 4.74 Å². The average Bonchev–Trinajstić information content (AvgIpc) is 2.86. The fourth-order valence-corrected chi connectivity index (χ4v) is 3.57. The van der Waals surface area contributed by atoms with Gasteiger partial charge in [0.15, 0.2) is 11.6 Å². The fourth-order valence-electron chi connectivity index (χ4n) is 3.57. The molecule has 2 aromatic rings. The number of hydrogen-bond acceptors (Lipinski definition) is 5. The summed E-state index contributed by atoms with van der Waals surface area (Å²) in [6, 6.07) is 8.38. The van der Waals surface area contributed by atoms with Crippen molar-refractivity contribution in [2.75, 3.05) is 13.2 Å². The molecule has 0 N–H and O–H groups in total. The summed E-state index contributed by atoms with van der Waals surface area (Å²) < 4.78 is 10.9. The quantitative estimate of drug-likeness (QED) is 0.129. The van der Waals surface area contributed by atoms with Crippen LogP contribution >= 0.6 is 0 Å². The zero-order valence-corrected chi connectivity index (χ0v) is 21.1. The zero-order chi connectivity index (χ0) is 24.3. The molecule has 5 heteroatoms. The predicted molar refractivity (Wildman–Crippen MR) is 139 cm³/mol. The third-order valence-corrected chi connectivity index (χ3v) is 5.57. The number of hydrogen-bond donors (Lipinski definition) is 0. The minimum absolute atomic E-state index is 0.229. The highest BCUT2D eigenvalue weighted by Crippen LogP contribution is 2.19. The first-order valence-electron chi connectivity index (χ1n) is 13.1. The second-order valence-electron chi connectivity index (χ2n) is 8.70. The number of esters is 1. The van der Waals surface area contributed by atoms with E-state index >= 15 is 0 Å². The van der Waals surface area contributed by atoms with E-state index in [1.54, 1.807) is 12.4 Å². The molecule has 5 nitrogen and oxygen atoms in total. The number of allylic oxidation sites excluding steroid dienone is 2. The first-order chi connectivity index (χ1) is 16.7. The highest BCUT2D eigenvalue weighted by atomic mass is 16.5. The second-order valence-corrected chi connectivity index (χ2v) is 8.70. The molecule has 0 amide bonds. The van der Waals surface area contributed by atoms with E-state index in [9.17, 15) is 4.79 Å². The summed E-state index contributed by atoms with van der Waals surface area (Å²) in [6.07, 6.45) is 20.1. The predicted octanol–water partition coefficient (Wildman–Crippen LogP) is 7.50. The Labute approximate surface area is 206 Å². The molecule has 2 rings (SSSR count). The zero-order valence-electron chi connectivity index (χ0n) is 21.1. The average molecular weight is 467 g/mol. The van der Waals surface area contributed by atoms with Gasteiger partial charge >= 0.3 is 5.97 Å². The van der Waals surface area contributed by atoms with Crippen molar-refractivity contribution in [2.24, 2.45) is 0 Å². The molecule has 0 fully saturated rings. The van der Waals surface area contributed by atoms with Crippen molar-refractivity contribution < 1.29 is 14.3 Å². The molecule has 0 saturated carbocycles. The van der Waals surface area contributed by atoms with E-state index in [2.05, 4.69) is 60.2 Å². The van der Waals surface area contributed by atoms with Gasteiger partial charge in [0, 0.05) is 25.2 Å². The van der Waals surface area contributed by atoms with Crippen molar-refractivity contribution in [3.8, 4) is 17.1 Å². The first kappa shape index (κ1) is 27.7. The highest BCUT2D eigenvalue weighted by molar-refractivity contribution is 5.72. The molecule has 0 radical (unpaired) electrons. The maximum absolute atomic E-state index is 12.0. The Kier molecular flexibility index (Phi) is 14.6. The molecule has 34 heavy (non-hydrogen) atoms. The number of rotatable bonds is 18. The van der Waals surface area contributed by atoms with Crippen molar-refractivity contribution in [3.63, 3.8) is 0 Å². The SMILES string of the molecule is CCCCC=CCCCCC(=O)Oc1cnc(-c2ccc(CCCCCOCCC)cc2)nc1. The van der Waals surface area contributed by atoms with Crippen molar-refractivity contribution in [3.05, 3.63) is 54.4 Å². The summed E-state index contributed by atoms with van der Waals surface area (Å²) in [5.41, 5.74) is 2.28. The van der Waals surface area contributed by atoms with Crippen molar-refractivity contribution >= 4 is 5.97 Å². The molecule has 186 valence electrons. The van der Waals surface area contributed by atoms with Crippen LogP contribution in [0.1, 0.15) is 90.0 Å². The van der Waals surface area contributed by atoms with E-state index in [-0.39, 0.29) is 5.97 Å². The van der Waals surface area contributed by atoms with Crippen LogP contribution in [0.4, 0.5) is 0 Å². The van der Waals surface area contributed by atoms with E-state index in [1.807, 2.05) is 0 Å². The van der Waals surface area contributed by atoms with E-state index in [0.717, 1.165) is 63.7 Å². The largest absolute Gasteiger partial charge is 0.423 e. The topological polar surface area (TPSA) is 61.3 Å². The smallest absolute Gasteiger partial charge is 0.311 e. The number of unbranched alkanes of at least 4 members (excludes halogenated alkanes) is 6. The van der Waals surface area contributed by atoms with E-state index in [4.69, 9.17) is 9.47 Å². The lowest BCUT2D eigenvalue weighted by molar-refractivity contribution is -0.134. The third kappa shape index (κ3) is 12.1. The van der Waals surface area contributed by atoms with Crippen molar-refractivity contribution in [2.45, 2.75) is 90.9 Å². The lowest BCUT2D eigenvalue weighted by Crippen LogP contribution is -2.08. The highest BCUT2D eigenvalue weighted by Gasteiger charge is 2.07. The molecule has 0 atom stereocenters. The van der Waals surface area contributed by atoms with Crippen molar-refractivity contribution in [1.29, 1.82) is 0 Å². The number of aryl methyl sites for hydroxylation is 1. The van der Waals surface area contributed by atoms with Crippen LogP contribution in [0.15, 0.2) is 48.8 Å². The standard InChI is InChI=1S/C29H42N2O3/c1-3-5-6-7-8-9-10-13-16-28(32)34-27-23-30-29(31-24-27)26-19-17-25(18-20-26)15-12-11-14-22-33-21-4-2/h7-8,17-20,23-24H,3-6,9-16,21-22H2,1-2H3. The van der Waals surface area contributed by atoms with E-state index in [0.29, 0.717) is 18.0 Å². The minimum atomic E-state index is -0.229. The number of aromatic nitrogens is 2. The van der Waals surface area contributed by atoms with Gasteiger partial charge in [0.1, 0.15) is 0 Å². The van der Waals surface area contributed by atoms with Gasteiger partial charge < -0.3 is 9.47 Å². The van der Waals surface area contributed by atoms with Gasteiger partial charge in [-0.3, -0.25) is 4.79 Å². The summed E-state index contributed by atoms with van der Waals surface area (Å²) in [5.74, 6) is 0.801. The van der Waals surface area contributed by atoms with Crippen LogP contribution in [0.5, 0.6) is 5.75 Å². The summed E-state index contributed by atoms with van der Waals surface area (Å²) in [6.45, 7) is 6.07. The van der Waals surface area contributed by atoms with Crippen LogP contribution in [-0.4, -0.2) is 29.2 Å². The summed E-state index contributed by atoms with van der Waals surface area (Å²) >= 11 is 0. The molecular formula is C29H42N2O3. The molecule has 0 spiro atoms. The van der Waals surface area contributed by atoms with Gasteiger partial charge in [0.25, 0.3) is 0 Å². The molecule has 0 bridgehead atoms. The summed E-state index contributed by atoms with van der Waals surface area (Å²) in [5, 5.41) is 0. The fraction of sp³-hybridized carbons (Fsp3) is 0.552. The second kappa shape index (κ2) is 17.9. The van der Waals surface area contributed by atoms with E-state index < -0.39 is 0 Å². The molecule has 0 unspecified atom stereocenters. The number of carbonyl (C=O) groups is 1. The van der Waals surface area contributed by atoms with Crippen LogP contribution in [0, 0.1) is 0 Å². The lowest BCUT2D eigenvalue weighted by Gasteiger charge is -2.06. The van der Waals surface area contributed by atoms with Crippen LogP contribution in [0.3, 0.4) is 0 Å². The van der Waals surface area contributed by atoms with Gasteiger partial charge in [0.2, 0.25) is 0 Å². The molecule has 1 aromatic heterocycles. The molecule has 0 aliphatic heterocycles. The lowest BCUT2D eigenvalue weighted by atomic mass is 10.0. The van der Waals surface area contributed by atoms with Crippen molar-refractivity contribution in [1.82, 2.24) is 9.97 Å². The Morgan fingerprint density at radius 1 is 0.824 bits per heavy atom. The Bertz CT molecular complexity index is 816. The van der Waals surface area contributed by atoms with Gasteiger partial charge in [-0.2, -0.15) is 0 Å². The normalized spacial score (nSPS) is 11.2. The molecular weight excluding hydrogens is 424 g/mol. The maximum atomic E-state index is 12.0. The summed E-state index contributed by atoms with van der Waals surface area (Å²) in [7, 11) is 0. The van der Waals surface area contributed by atoms with Crippen LogP contribution in [0.2, 0.25) is 0 Å². The van der Waals surface area contributed by atoms with Gasteiger partial charge in [-0.05, 0) is 56.9 Å². The Morgan fingerprint density at radius 3 is 2.26 bits per heavy atom. The Balaban J connectivity index is 1.66. The monoisotopic (exact) mass is 466 g/mol. The van der Waals surface area contributed by atoms with Crippen LogP contribution in [-0.2, 0) is 16.0 Å². The maximum Gasteiger partial charge on any atom is 0.311 e. The van der Waals surface area contributed by atoms with Gasteiger partial charge in [-0.15, -0.1) is 0 Å². The number of nitrogens with zero attached hydrogens (tertiary/aromatic N) is 2. The molecule has 0 aliphatic carbocycles. The van der Waals surface area contributed by atoms with Crippen LogP contribution in [0.25, 0.3) is 11.4 Å². The van der Waals surface area contributed by atoms with Gasteiger partial charge in [0.05, 0.1) is 12.4 Å². The Hall–Kier alpha value is -2.53. The Morgan fingerprint density at radius 2 is 1.56 bits per heavy atom. The van der Waals surface area contributed by atoms with E-state index in [1.165, 1.54) is 31.2 Å². The first-order valence-corrected chi connectivity index (χ1v) is 13.1. The molecule has 1 heterocycles. The number of carbonyl (C=O) groups excluding carboxylic acids is 1. The third-order valence-electron chi connectivity index (χ3n) is 5.57. The van der Waals surface area contributed by atoms with Gasteiger partial charge in [-0.1, -0.05) is 69.5 Å².